The number of ether oxygens (including phenoxy) is 1. The third kappa shape index (κ3) is 3.62. The van der Waals surface area contributed by atoms with Crippen LogP contribution >= 0.6 is 0 Å². The Bertz CT molecular complexity index is 567. The van der Waals surface area contributed by atoms with E-state index in [4.69, 9.17) is 4.74 Å². The van der Waals surface area contributed by atoms with E-state index in [0.717, 1.165) is 6.26 Å². The molecule has 0 bridgehead atoms. The molecule has 112 valence electrons. The highest BCUT2D eigenvalue weighted by Crippen LogP contribution is 2.27. The smallest absolute Gasteiger partial charge is 0.429 e. The molecule has 0 unspecified atom stereocenters. The third-order valence-electron chi connectivity index (χ3n) is 2.96. The molecule has 0 aromatic heterocycles. The summed E-state index contributed by atoms with van der Waals surface area (Å²) in [6.07, 6.45) is -3.36. The fourth-order valence-electron chi connectivity index (χ4n) is 1.97. The van der Waals surface area contributed by atoms with E-state index in [-0.39, 0.29) is 24.2 Å². The lowest BCUT2D eigenvalue weighted by atomic mass is 10.2. The van der Waals surface area contributed by atoms with Gasteiger partial charge < -0.3 is 9.64 Å². The lowest BCUT2D eigenvalue weighted by Gasteiger charge is -2.18. The molecule has 1 aliphatic heterocycles. The second kappa shape index (κ2) is 5.99. The molecular weight excluding hydrogens is 287 g/mol. The summed E-state index contributed by atoms with van der Waals surface area (Å²) >= 11 is 0. The zero-order valence-electron chi connectivity index (χ0n) is 10.9. The largest absolute Gasteiger partial charge is 0.471 e. The number of amides is 1. The molecule has 21 heavy (non-hydrogen) atoms. The third-order valence-corrected chi connectivity index (χ3v) is 2.96. The summed E-state index contributed by atoms with van der Waals surface area (Å²) in [6.45, 7) is -0.0347. The molecular formula is C14H12F3NO3. The Balaban J connectivity index is 2.07. The van der Waals surface area contributed by atoms with Gasteiger partial charge in [0.25, 0.3) is 0 Å². The highest BCUT2D eigenvalue weighted by Gasteiger charge is 2.44. The molecule has 1 aromatic rings. The molecule has 1 fully saturated rings. The second-order valence-electron chi connectivity index (χ2n) is 4.44. The van der Waals surface area contributed by atoms with Crippen LogP contribution in [0.25, 0.3) is 0 Å². The summed E-state index contributed by atoms with van der Waals surface area (Å²) in [5.74, 6) is -2.63. The minimum atomic E-state index is -4.94. The van der Waals surface area contributed by atoms with Gasteiger partial charge in [0.05, 0.1) is 11.3 Å². The van der Waals surface area contributed by atoms with Gasteiger partial charge in [0.2, 0.25) is 0 Å². The van der Waals surface area contributed by atoms with Crippen molar-refractivity contribution in [1.82, 2.24) is 4.90 Å². The van der Waals surface area contributed by atoms with Crippen LogP contribution in [0.15, 0.2) is 42.3 Å². The van der Waals surface area contributed by atoms with Crippen LogP contribution in [0.1, 0.15) is 23.2 Å². The first-order valence-electron chi connectivity index (χ1n) is 6.23. The topological polar surface area (TPSA) is 46.6 Å². The van der Waals surface area contributed by atoms with Crippen molar-refractivity contribution in [3.8, 4) is 0 Å². The van der Waals surface area contributed by atoms with Gasteiger partial charge in [-0.1, -0.05) is 18.2 Å². The van der Waals surface area contributed by atoms with E-state index in [1.807, 2.05) is 0 Å². The van der Waals surface area contributed by atoms with Crippen LogP contribution in [0.3, 0.4) is 0 Å². The summed E-state index contributed by atoms with van der Waals surface area (Å²) < 4.78 is 42.1. The van der Waals surface area contributed by atoms with E-state index in [2.05, 4.69) is 0 Å². The standard InChI is InChI=1S/C14H12F3NO3/c15-14(16,17)13(20)18-8-4-7-11(18)9-21-12(19)10-5-2-1-3-6-10/h1-3,5-6,9H,4,7-8H2/b11-9+. The molecule has 1 aliphatic rings. The Kier molecular flexibility index (Phi) is 4.30. The molecule has 1 heterocycles. The average Bonchev–Trinajstić information content (AvgIpc) is 2.92. The minimum Gasteiger partial charge on any atom is -0.429 e. The molecule has 1 aromatic carbocycles. The number of carbonyl (C=O) groups excluding carboxylic acids is 2. The van der Waals surface area contributed by atoms with Crippen LogP contribution in [0.4, 0.5) is 13.2 Å². The van der Waals surface area contributed by atoms with Gasteiger partial charge in [-0.15, -0.1) is 0 Å². The maximum Gasteiger partial charge on any atom is 0.471 e. The summed E-state index contributed by atoms with van der Waals surface area (Å²) in [5, 5.41) is 0. The van der Waals surface area contributed by atoms with Gasteiger partial charge in [-0.2, -0.15) is 13.2 Å². The normalized spacial score (nSPS) is 17.1. The number of allylic oxidation sites excluding steroid dienone is 1. The van der Waals surface area contributed by atoms with Crippen molar-refractivity contribution in [2.24, 2.45) is 0 Å². The predicted octanol–water partition coefficient (Wildman–Crippen LogP) is 2.87. The molecule has 0 N–H and O–H groups in total. The molecule has 7 heteroatoms. The number of hydrogen-bond donors (Lipinski definition) is 0. The minimum absolute atomic E-state index is 0.0347. The summed E-state index contributed by atoms with van der Waals surface area (Å²) in [5.41, 5.74) is 0.336. The summed E-state index contributed by atoms with van der Waals surface area (Å²) in [4.78, 5) is 23.5. The van der Waals surface area contributed by atoms with Crippen molar-refractivity contribution < 1.29 is 27.5 Å². The first-order chi connectivity index (χ1) is 9.89. The first-order valence-corrected chi connectivity index (χ1v) is 6.23. The van der Waals surface area contributed by atoms with Crippen LogP contribution in [0.5, 0.6) is 0 Å². The van der Waals surface area contributed by atoms with Crippen LogP contribution in [-0.4, -0.2) is 29.5 Å². The molecule has 4 nitrogen and oxygen atoms in total. The molecule has 0 spiro atoms. The van der Waals surface area contributed by atoms with Crippen molar-refractivity contribution in [2.75, 3.05) is 6.54 Å². The van der Waals surface area contributed by atoms with Crippen LogP contribution in [0, 0.1) is 0 Å². The van der Waals surface area contributed by atoms with Gasteiger partial charge in [0.1, 0.15) is 6.26 Å². The number of benzene rings is 1. The number of hydrogen-bond acceptors (Lipinski definition) is 3. The Hall–Kier alpha value is -2.31. The van der Waals surface area contributed by atoms with Crippen molar-refractivity contribution >= 4 is 11.9 Å². The fourth-order valence-corrected chi connectivity index (χ4v) is 1.97. The average molecular weight is 299 g/mol. The van der Waals surface area contributed by atoms with Crippen molar-refractivity contribution in [3.63, 3.8) is 0 Å². The summed E-state index contributed by atoms with van der Waals surface area (Å²) in [7, 11) is 0. The van der Waals surface area contributed by atoms with E-state index >= 15 is 0 Å². The first kappa shape index (κ1) is 15.1. The molecule has 0 aliphatic carbocycles. The van der Waals surface area contributed by atoms with Crippen LogP contribution in [-0.2, 0) is 9.53 Å². The zero-order chi connectivity index (χ0) is 15.5. The van der Waals surface area contributed by atoms with E-state index in [1.54, 1.807) is 18.2 Å². The van der Waals surface area contributed by atoms with Gasteiger partial charge >= 0.3 is 18.1 Å². The van der Waals surface area contributed by atoms with E-state index in [0.29, 0.717) is 11.3 Å². The number of carbonyl (C=O) groups is 2. The Labute approximate surface area is 118 Å². The molecule has 2 rings (SSSR count). The lowest BCUT2D eigenvalue weighted by molar-refractivity contribution is -0.182. The quantitative estimate of drug-likeness (QED) is 0.623. The second-order valence-corrected chi connectivity index (χ2v) is 4.44. The number of likely N-dealkylation sites (tertiary alicyclic amines) is 1. The number of rotatable bonds is 2. The Morgan fingerprint density at radius 3 is 2.48 bits per heavy atom. The highest BCUT2D eigenvalue weighted by atomic mass is 19.4. The van der Waals surface area contributed by atoms with E-state index in [9.17, 15) is 22.8 Å². The van der Waals surface area contributed by atoms with Crippen molar-refractivity contribution in [3.05, 3.63) is 47.9 Å². The van der Waals surface area contributed by atoms with Gasteiger partial charge in [0, 0.05) is 6.54 Å². The molecule has 1 amide bonds. The molecule has 0 radical (unpaired) electrons. The van der Waals surface area contributed by atoms with Gasteiger partial charge in [-0.3, -0.25) is 4.79 Å². The van der Waals surface area contributed by atoms with E-state index < -0.39 is 18.1 Å². The van der Waals surface area contributed by atoms with Gasteiger partial charge in [-0.25, -0.2) is 4.79 Å². The SMILES string of the molecule is O=C(O/C=C1\CCCN1C(=O)C(F)(F)F)c1ccccc1. The maximum absolute atomic E-state index is 12.4. The van der Waals surface area contributed by atoms with Crippen LogP contribution in [0.2, 0.25) is 0 Å². The van der Waals surface area contributed by atoms with Crippen molar-refractivity contribution in [1.29, 1.82) is 0 Å². The molecule has 1 saturated heterocycles. The number of halogens is 3. The van der Waals surface area contributed by atoms with Crippen LogP contribution < -0.4 is 0 Å². The fraction of sp³-hybridized carbons (Fsp3) is 0.286. The number of esters is 1. The number of alkyl halides is 3. The Morgan fingerprint density at radius 1 is 1.19 bits per heavy atom. The predicted molar refractivity (Wildman–Crippen MR) is 66.9 cm³/mol. The monoisotopic (exact) mass is 299 g/mol. The van der Waals surface area contributed by atoms with Gasteiger partial charge in [0.15, 0.2) is 0 Å². The Morgan fingerprint density at radius 2 is 1.86 bits per heavy atom. The summed E-state index contributed by atoms with van der Waals surface area (Å²) in [6, 6.07) is 8.04. The van der Waals surface area contributed by atoms with Crippen molar-refractivity contribution in [2.45, 2.75) is 19.0 Å². The number of nitrogens with zero attached hydrogens (tertiary/aromatic N) is 1. The maximum atomic E-state index is 12.4. The van der Waals surface area contributed by atoms with E-state index in [1.165, 1.54) is 12.1 Å². The highest BCUT2D eigenvalue weighted by molar-refractivity contribution is 5.89. The molecule has 0 saturated carbocycles. The van der Waals surface area contributed by atoms with Gasteiger partial charge in [-0.05, 0) is 25.0 Å². The molecule has 0 atom stereocenters. The lowest BCUT2D eigenvalue weighted by Crippen LogP contribution is -2.38. The zero-order valence-corrected chi connectivity index (χ0v) is 10.9.